The van der Waals surface area contributed by atoms with Crippen LogP contribution >= 0.6 is 11.6 Å². The average molecular weight is 421 g/mol. The highest BCUT2D eigenvalue weighted by Gasteiger charge is 2.23. The molecule has 9 heteroatoms. The summed E-state index contributed by atoms with van der Waals surface area (Å²) in [5.41, 5.74) is 1.09. The van der Waals surface area contributed by atoms with Gasteiger partial charge in [0.1, 0.15) is 11.3 Å². The molecule has 29 heavy (non-hydrogen) atoms. The summed E-state index contributed by atoms with van der Waals surface area (Å²) < 4.78 is 15.2. The number of H-pyrrole nitrogens is 1. The van der Waals surface area contributed by atoms with E-state index in [0.717, 1.165) is 0 Å². The molecule has 0 saturated heterocycles. The Hall–Kier alpha value is -2.71. The van der Waals surface area contributed by atoms with Gasteiger partial charge in [0.2, 0.25) is 0 Å². The Morgan fingerprint density at radius 3 is 2.72 bits per heavy atom. The lowest BCUT2D eigenvalue weighted by atomic mass is 9.99. The van der Waals surface area contributed by atoms with Crippen LogP contribution < -0.4 is 10.9 Å². The molecule has 1 unspecified atom stereocenters. The fraction of sp³-hybridized carbons (Fsp3) is 0.350. The molecule has 0 spiro atoms. The molecule has 154 valence electrons. The summed E-state index contributed by atoms with van der Waals surface area (Å²) in [4.78, 5) is 28.2. The van der Waals surface area contributed by atoms with E-state index in [1.807, 2.05) is 20.8 Å². The summed E-state index contributed by atoms with van der Waals surface area (Å²) in [6, 6.07) is 4.11. The molecule has 1 aromatic carbocycles. The number of hydrogen-bond acceptors (Lipinski definition) is 4. The predicted octanol–water partition coefficient (Wildman–Crippen LogP) is 2.96. The number of carbonyl (C=O) groups excluding carboxylic acids is 1. The largest absolute Gasteiger partial charge is 0.396 e. The second-order valence-corrected chi connectivity index (χ2v) is 7.74. The van der Waals surface area contributed by atoms with Crippen LogP contribution in [0, 0.1) is 11.7 Å². The fourth-order valence-electron chi connectivity index (χ4n) is 3.08. The Balaban J connectivity index is 2.11. The lowest BCUT2D eigenvalue weighted by molar-refractivity contribution is 0.0941. The normalized spacial score (nSPS) is 12.5. The Bertz CT molecular complexity index is 1120. The van der Waals surface area contributed by atoms with E-state index in [0.29, 0.717) is 23.2 Å². The van der Waals surface area contributed by atoms with Gasteiger partial charge < -0.3 is 15.4 Å². The number of rotatable bonds is 6. The van der Waals surface area contributed by atoms with Crippen molar-refractivity contribution in [3.63, 3.8) is 0 Å². The van der Waals surface area contributed by atoms with Gasteiger partial charge in [0.15, 0.2) is 5.82 Å². The van der Waals surface area contributed by atoms with Crippen LogP contribution in [0.2, 0.25) is 5.02 Å². The van der Waals surface area contributed by atoms with E-state index in [1.165, 1.54) is 22.8 Å². The molecule has 2 heterocycles. The Labute approximate surface area is 171 Å². The van der Waals surface area contributed by atoms with Crippen molar-refractivity contribution in [1.29, 1.82) is 0 Å². The maximum absolute atomic E-state index is 13.8. The number of aromatic nitrogens is 3. The monoisotopic (exact) mass is 420 g/mol. The van der Waals surface area contributed by atoms with Gasteiger partial charge in [0, 0.05) is 30.5 Å². The zero-order chi connectivity index (χ0) is 21.3. The number of nitrogens with zero attached hydrogens (tertiary/aromatic N) is 2. The van der Waals surface area contributed by atoms with Crippen molar-refractivity contribution in [2.75, 3.05) is 13.2 Å². The second kappa shape index (κ2) is 8.34. The van der Waals surface area contributed by atoms with E-state index < -0.39 is 11.4 Å². The number of aliphatic hydroxyl groups is 1. The minimum Gasteiger partial charge on any atom is -0.396 e. The standard InChI is InChI=1S/C20H22ClFN4O3/c1-10(2)16-13(19(28)23-7-11(3)9-27)8-26-17(16)20(29)24-18(25-26)12-4-5-14(21)15(22)6-12/h4-6,8,10-11,27H,7,9H2,1-3H3,(H,23,28)(H,24,25,29). The van der Waals surface area contributed by atoms with Crippen LogP contribution in [0.15, 0.2) is 29.2 Å². The second-order valence-electron chi connectivity index (χ2n) is 7.33. The molecule has 0 fully saturated rings. The van der Waals surface area contributed by atoms with Crippen molar-refractivity contribution in [3.05, 3.63) is 56.7 Å². The number of halogens is 2. The highest BCUT2D eigenvalue weighted by atomic mass is 35.5. The van der Waals surface area contributed by atoms with E-state index in [2.05, 4.69) is 15.4 Å². The third-order valence-corrected chi connectivity index (χ3v) is 4.92. The molecule has 0 aliphatic carbocycles. The molecule has 3 N–H and O–H groups in total. The fourth-order valence-corrected chi connectivity index (χ4v) is 3.20. The number of fused-ring (bicyclic) bond motifs is 1. The van der Waals surface area contributed by atoms with Crippen molar-refractivity contribution in [1.82, 2.24) is 19.9 Å². The first kappa shape index (κ1) is 21.0. The van der Waals surface area contributed by atoms with E-state index in [4.69, 9.17) is 16.7 Å². The molecule has 7 nitrogen and oxygen atoms in total. The molecule has 0 radical (unpaired) electrons. The highest BCUT2D eigenvalue weighted by molar-refractivity contribution is 6.30. The molecule has 2 aromatic heterocycles. The molecule has 3 rings (SSSR count). The van der Waals surface area contributed by atoms with E-state index in [1.54, 1.807) is 6.07 Å². The summed E-state index contributed by atoms with van der Waals surface area (Å²) in [5.74, 6) is -1.02. The number of carbonyl (C=O) groups is 1. The van der Waals surface area contributed by atoms with Crippen LogP contribution in [0.3, 0.4) is 0 Å². The number of aromatic amines is 1. The zero-order valence-electron chi connectivity index (χ0n) is 16.3. The van der Waals surface area contributed by atoms with Crippen LogP contribution in [0.1, 0.15) is 42.6 Å². The van der Waals surface area contributed by atoms with Crippen molar-refractivity contribution in [2.24, 2.45) is 5.92 Å². The lowest BCUT2D eigenvalue weighted by Gasteiger charge is -2.11. The van der Waals surface area contributed by atoms with Crippen molar-refractivity contribution in [3.8, 4) is 11.4 Å². The first-order valence-corrected chi connectivity index (χ1v) is 9.60. The van der Waals surface area contributed by atoms with Gasteiger partial charge in [-0.25, -0.2) is 8.91 Å². The summed E-state index contributed by atoms with van der Waals surface area (Å²) in [7, 11) is 0. The average Bonchev–Trinajstić information content (AvgIpc) is 3.08. The summed E-state index contributed by atoms with van der Waals surface area (Å²) in [5, 5.41) is 16.2. The quantitative estimate of drug-likeness (QED) is 0.570. The Morgan fingerprint density at radius 1 is 1.38 bits per heavy atom. The van der Waals surface area contributed by atoms with E-state index >= 15 is 0 Å². The van der Waals surface area contributed by atoms with Crippen LogP contribution in [-0.2, 0) is 0 Å². The van der Waals surface area contributed by atoms with Crippen molar-refractivity contribution >= 4 is 23.0 Å². The first-order valence-electron chi connectivity index (χ1n) is 9.23. The molecule has 0 bridgehead atoms. The van der Waals surface area contributed by atoms with Crippen molar-refractivity contribution < 1.29 is 14.3 Å². The number of amides is 1. The minimum atomic E-state index is -0.625. The van der Waals surface area contributed by atoms with Crippen molar-refractivity contribution in [2.45, 2.75) is 26.7 Å². The third-order valence-electron chi connectivity index (χ3n) is 4.62. The highest BCUT2D eigenvalue weighted by Crippen LogP contribution is 2.26. The smallest absolute Gasteiger partial charge is 0.275 e. The molecule has 0 aliphatic heterocycles. The molecular weight excluding hydrogens is 399 g/mol. The predicted molar refractivity (Wildman–Crippen MR) is 109 cm³/mol. The first-order chi connectivity index (χ1) is 13.7. The van der Waals surface area contributed by atoms with Gasteiger partial charge in [-0.05, 0) is 30.0 Å². The molecule has 1 atom stereocenters. The number of aliphatic hydroxyl groups excluding tert-OH is 1. The summed E-state index contributed by atoms with van der Waals surface area (Å²) in [6.07, 6.45) is 1.49. The molecule has 3 aromatic rings. The van der Waals surface area contributed by atoms with Crippen LogP contribution in [0.5, 0.6) is 0 Å². The SMILES string of the molecule is CC(CO)CNC(=O)c1cn2nc(-c3ccc(Cl)c(F)c3)[nH]c(=O)c2c1C(C)C. The number of nitrogens with one attached hydrogen (secondary N) is 2. The van der Waals surface area contributed by atoms with E-state index in [9.17, 15) is 14.0 Å². The molecule has 0 aliphatic rings. The molecular formula is C20H22ClFN4O3. The third kappa shape index (κ3) is 4.18. The topological polar surface area (TPSA) is 99.5 Å². The maximum atomic E-state index is 13.8. The van der Waals surface area contributed by atoms with Crippen LogP contribution in [0.4, 0.5) is 4.39 Å². The summed E-state index contributed by atoms with van der Waals surface area (Å²) in [6.45, 7) is 5.83. The lowest BCUT2D eigenvalue weighted by Crippen LogP contribution is -2.30. The van der Waals surface area contributed by atoms with E-state index in [-0.39, 0.29) is 40.7 Å². The number of hydrogen-bond donors (Lipinski definition) is 3. The zero-order valence-corrected chi connectivity index (χ0v) is 17.0. The van der Waals surface area contributed by atoms with Gasteiger partial charge in [-0.1, -0.05) is 32.4 Å². The summed E-state index contributed by atoms with van der Waals surface area (Å²) >= 11 is 5.72. The van der Waals surface area contributed by atoms with Gasteiger partial charge in [-0.15, -0.1) is 5.10 Å². The Kier molecular flexibility index (Phi) is 6.04. The Morgan fingerprint density at radius 2 is 2.10 bits per heavy atom. The molecule has 1 amide bonds. The minimum absolute atomic E-state index is 0.0312. The molecule has 0 saturated carbocycles. The van der Waals surface area contributed by atoms with Gasteiger partial charge in [0.25, 0.3) is 11.5 Å². The maximum Gasteiger partial charge on any atom is 0.275 e. The van der Waals surface area contributed by atoms with Gasteiger partial charge >= 0.3 is 0 Å². The van der Waals surface area contributed by atoms with Crippen LogP contribution in [-0.4, -0.2) is 38.8 Å². The van der Waals surface area contributed by atoms with Crippen LogP contribution in [0.25, 0.3) is 16.9 Å². The van der Waals surface area contributed by atoms with Gasteiger partial charge in [-0.3, -0.25) is 9.59 Å². The van der Waals surface area contributed by atoms with Gasteiger partial charge in [0.05, 0.1) is 10.6 Å². The van der Waals surface area contributed by atoms with Gasteiger partial charge in [-0.2, -0.15) is 0 Å². The number of benzene rings is 1.